The second-order valence-electron chi connectivity index (χ2n) is 8.98. The van der Waals surface area contributed by atoms with Gasteiger partial charge in [-0.3, -0.25) is 9.59 Å². The summed E-state index contributed by atoms with van der Waals surface area (Å²) in [5.41, 5.74) is 3.94. The van der Waals surface area contributed by atoms with E-state index in [1.54, 1.807) is 16.9 Å². The molecule has 0 N–H and O–H groups in total. The molecule has 1 atom stereocenters. The molecule has 35 heavy (non-hydrogen) atoms. The van der Waals surface area contributed by atoms with E-state index in [1.165, 1.54) is 5.56 Å². The van der Waals surface area contributed by atoms with Crippen molar-refractivity contribution in [1.82, 2.24) is 14.4 Å². The quantitative estimate of drug-likeness (QED) is 0.380. The van der Waals surface area contributed by atoms with E-state index in [0.717, 1.165) is 24.2 Å². The van der Waals surface area contributed by atoms with E-state index in [1.807, 2.05) is 81.6 Å². The van der Waals surface area contributed by atoms with Crippen molar-refractivity contribution in [2.45, 2.75) is 46.3 Å². The molecule has 1 heterocycles. The van der Waals surface area contributed by atoms with Gasteiger partial charge in [-0.2, -0.15) is 0 Å². The van der Waals surface area contributed by atoms with Crippen LogP contribution in [-0.2, 0) is 22.6 Å². The van der Waals surface area contributed by atoms with E-state index in [-0.39, 0.29) is 24.4 Å². The lowest BCUT2D eigenvalue weighted by atomic mass is 10.1. The molecular formula is C29H37N3O3. The van der Waals surface area contributed by atoms with Gasteiger partial charge in [0.05, 0.1) is 13.2 Å². The highest BCUT2D eigenvalue weighted by Gasteiger charge is 2.26. The first kappa shape index (κ1) is 26.2. The average molecular weight is 476 g/mol. The number of methoxy groups -OCH3 is 1. The second-order valence-corrected chi connectivity index (χ2v) is 8.98. The van der Waals surface area contributed by atoms with Gasteiger partial charge in [-0.15, -0.1) is 0 Å². The van der Waals surface area contributed by atoms with E-state index in [0.29, 0.717) is 25.3 Å². The fourth-order valence-electron chi connectivity index (χ4n) is 3.97. The van der Waals surface area contributed by atoms with Gasteiger partial charge in [0.25, 0.3) is 5.91 Å². The number of aryl methyl sites for hydroxylation is 1. The third-order valence-corrected chi connectivity index (χ3v) is 6.38. The number of ether oxygens (including phenoxy) is 1. The van der Waals surface area contributed by atoms with Crippen LogP contribution in [0.3, 0.4) is 0 Å². The molecule has 0 radical (unpaired) electrons. The van der Waals surface area contributed by atoms with Gasteiger partial charge in [-0.25, -0.2) is 0 Å². The van der Waals surface area contributed by atoms with Gasteiger partial charge in [0.1, 0.15) is 6.54 Å². The van der Waals surface area contributed by atoms with Gasteiger partial charge in [0.15, 0.2) is 0 Å². The molecule has 0 aliphatic rings. The van der Waals surface area contributed by atoms with Crippen LogP contribution in [0.4, 0.5) is 0 Å². The van der Waals surface area contributed by atoms with Crippen molar-refractivity contribution in [3.05, 3.63) is 95.3 Å². The van der Waals surface area contributed by atoms with E-state index in [9.17, 15) is 9.59 Å². The summed E-state index contributed by atoms with van der Waals surface area (Å²) < 4.78 is 7.45. The monoisotopic (exact) mass is 475 g/mol. The summed E-state index contributed by atoms with van der Waals surface area (Å²) >= 11 is 0. The Morgan fingerprint density at radius 2 is 1.71 bits per heavy atom. The largest absolute Gasteiger partial charge is 0.383 e. The molecule has 0 aliphatic carbocycles. The number of hydrogen-bond donors (Lipinski definition) is 0. The fraction of sp³-hybridized carbons (Fsp3) is 0.379. The SMILES string of the molecule is CCC(C)N(CC(=O)N(CCOC)Cc1cccn1Cc1ccccc1)C(=O)c1ccc(C)cc1. The normalized spacial score (nSPS) is 11.8. The third kappa shape index (κ3) is 7.30. The summed E-state index contributed by atoms with van der Waals surface area (Å²) in [6, 6.07) is 21.8. The minimum absolute atomic E-state index is 0.0326. The van der Waals surface area contributed by atoms with Crippen LogP contribution in [0.25, 0.3) is 0 Å². The molecule has 1 aromatic heterocycles. The van der Waals surface area contributed by atoms with Crippen molar-refractivity contribution < 1.29 is 14.3 Å². The Morgan fingerprint density at radius 3 is 2.37 bits per heavy atom. The highest BCUT2D eigenvalue weighted by atomic mass is 16.5. The van der Waals surface area contributed by atoms with E-state index < -0.39 is 0 Å². The zero-order valence-corrected chi connectivity index (χ0v) is 21.3. The number of carbonyl (C=O) groups is 2. The Labute approximate surface area is 209 Å². The van der Waals surface area contributed by atoms with Crippen molar-refractivity contribution in [3.63, 3.8) is 0 Å². The number of carbonyl (C=O) groups excluding carboxylic acids is 2. The molecule has 0 spiro atoms. The molecule has 0 fully saturated rings. The number of amides is 2. The number of nitrogens with zero attached hydrogens (tertiary/aromatic N) is 3. The Morgan fingerprint density at radius 1 is 1.00 bits per heavy atom. The van der Waals surface area contributed by atoms with Gasteiger partial charge in [-0.1, -0.05) is 55.0 Å². The lowest BCUT2D eigenvalue weighted by Gasteiger charge is -2.31. The van der Waals surface area contributed by atoms with Crippen molar-refractivity contribution in [2.24, 2.45) is 0 Å². The number of aromatic nitrogens is 1. The number of rotatable bonds is 12. The summed E-state index contributed by atoms with van der Waals surface area (Å²) in [4.78, 5) is 30.3. The zero-order valence-electron chi connectivity index (χ0n) is 21.3. The van der Waals surface area contributed by atoms with E-state index in [2.05, 4.69) is 16.7 Å². The van der Waals surface area contributed by atoms with Gasteiger partial charge in [0, 0.05) is 43.7 Å². The summed E-state index contributed by atoms with van der Waals surface area (Å²) in [7, 11) is 1.63. The van der Waals surface area contributed by atoms with Crippen LogP contribution < -0.4 is 0 Å². The van der Waals surface area contributed by atoms with E-state index in [4.69, 9.17) is 4.74 Å². The summed E-state index contributed by atoms with van der Waals surface area (Å²) in [5.74, 6) is -0.206. The molecule has 0 saturated carbocycles. The smallest absolute Gasteiger partial charge is 0.254 e. The first-order valence-electron chi connectivity index (χ1n) is 12.2. The topological polar surface area (TPSA) is 54.8 Å². The second kappa shape index (κ2) is 12.9. The van der Waals surface area contributed by atoms with Crippen LogP contribution in [0.1, 0.15) is 47.4 Å². The molecule has 2 aromatic carbocycles. The molecule has 2 amide bonds. The van der Waals surface area contributed by atoms with Crippen LogP contribution >= 0.6 is 0 Å². The van der Waals surface area contributed by atoms with Gasteiger partial charge >= 0.3 is 0 Å². The highest BCUT2D eigenvalue weighted by molar-refractivity contribution is 5.96. The predicted molar refractivity (Wildman–Crippen MR) is 139 cm³/mol. The van der Waals surface area contributed by atoms with E-state index >= 15 is 0 Å². The van der Waals surface area contributed by atoms with Crippen molar-refractivity contribution in [1.29, 1.82) is 0 Å². The fourth-order valence-corrected chi connectivity index (χ4v) is 3.97. The summed E-state index contributed by atoms with van der Waals surface area (Å²) in [6.07, 6.45) is 2.80. The molecule has 186 valence electrons. The maximum absolute atomic E-state index is 13.5. The Balaban J connectivity index is 1.77. The van der Waals surface area contributed by atoms with Crippen LogP contribution in [0.15, 0.2) is 72.9 Å². The first-order chi connectivity index (χ1) is 16.9. The Kier molecular flexibility index (Phi) is 9.67. The molecule has 0 aliphatic heterocycles. The van der Waals surface area contributed by atoms with Gasteiger partial charge in [-0.05, 0) is 50.1 Å². The predicted octanol–water partition coefficient (Wildman–Crippen LogP) is 4.76. The number of hydrogen-bond acceptors (Lipinski definition) is 3. The van der Waals surface area contributed by atoms with Crippen LogP contribution in [0.5, 0.6) is 0 Å². The van der Waals surface area contributed by atoms with Gasteiger partial charge < -0.3 is 19.1 Å². The van der Waals surface area contributed by atoms with Crippen LogP contribution in [-0.4, -0.2) is 59.0 Å². The first-order valence-corrected chi connectivity index (χ1v) is 12.2. The average Bonchev–Trinajstić information content (AvgIpc) is 3.31. The molecule has 0 bridgehead atoms. The van der Waals surface area contributed by atoms with Crippen molar-refractivity contribution in [3.8, 4) is 0 Å². The zero-order chi connectivity index (χ0) is 25.2. The van der Waals surface area contributed by atoms with Crippen LogP contribution in [0.2, 0.25) is 0 Å². The molecule has 3 rings (SSSR count). The Bertz CT molecular complexity index is 1080. The molecule has 6 heteroatoms. The number of benzene rings is 2. The van der Waals surface area contributed by atoms with Crippen LogP contribution in [0, 0.1) is 6.92 Å². The maximum atomic E-state index is 13.5. The van der Waals surface area contributed by atoms with Gasteiger partial charge in [0.2, 0.25) is 5.91 Å². The Hall–Kier alpha value is -3.38. The minimum Gasteiger partial charge on any atom is -0.383 e. The highest BCUT2D eigenvalue weighted by Crippen LogP contribution is 2.15. The molecule has 3 aromatic rings. The molecule has 1 unspecified atom stereocenters. The summed E-state index contributed by atoms with van der Waals surface area (Å²) in [6.45, 7) is 8.12. The molecule has 6 nitrogen and oxygen atoms in total. The lowest BCUT2D eigenvalue weighted by molar-refractivity contribution is -0.133. The van der Waals surface area contributed by atoms with Crippen molar-refractivity contribution in [2.75, 3.05) is 26.8 Å². The minimum atomic E-state index is -0.119. The van der Waals surface area contributed by atoms with Crippen molar-refractivity contribution >= 4 is 11.8 Å². The molecular weight excluding hydrogens is 438 g/mol. The molecule has 0 saturated heterocycles. The summed E-state index contributed by atoms with van der Waals surface area (Å²) in [5, 5.41) is 0. The lowest BCUT2D eigenvalue weighted by Crippen LogP contribution is -2.47. The maximum Gasteiger partial charge on any atom is 0.254 e. The standard InChI is InChI=1S/C29H37N3O3/c1-5-24(3)32(29(34)26-15-13-23(2)14-16-26)22-28(33)31(18-19-35-4)21-27-12-9-17-30(27)20-25-10-7-6-8-11-25/h6-17,24H,5,18-22H2,1-4H3. The third-order valence-electron chi connectivity index (χ3n) is 6.38.